The van der Waals surface area contributed by atoms with E-state index in [4.69, 9.17) is 38.8 Å². The summed E-state index contributed by atoms with van der Waals surface area (Å²) in [5.41, 5.74) is 15.1. The summed E-state index contributed by atoms with van der Waals surface area (Å²) in [5.74, 6) is 1.66. The molecule has 0 aromatic heterocycles. The van der Waals surface area contributed by atoms with Crippen LogP contribution in [0.2, 0.25) is 0 Å². The predicted molar refractivity (Wildman–Crippen MR) is 359 cm³/mol. The van der Waals surface area contributed by atoms with Crippen molar-refractivity contribution in [2.75, 3.05) is 14.2 Å². The molecule has 498 valence electrons. The SMILES string of the molecule is C.COc1ccc(S(=O)(=O)c2ccc(Oc3c(C)cc(-c4cc(C)c(C)c(C)c4)cc3CBr)cc2)cc1.COc1ccc(S(=O)(=O)c2ccc(Oc3c(C)cc(-c4cc(C)c(C)c(C)c4)cc3CC(=O)OC3CCC(=O)N3)cc2)cc1.O=C1CCC(C(=O)O)N1.O=CO[O-].[H-].[K+].[K+]. The molecule has 2 amide bonds. The molecule has 8 aromatic rings. The van der Waals surface area contributed by atoms with E-state index in [0.29, 0.717) is 65.3 Å². The van der Waals surface area contributed by atoms with Gasteiger partial charge < -0.3 is 51.0 Å². The number of ether oxygens (including phenoxy) is 5. The smallest absolute Gasteiger partial charge is 1.00 e. The Morgan fingerprint density at radius 1 is 0.542 bits per heavy atom. The van der Waals surface area contributed by atoms with Gasteiger partial charge in [-0.05, 0) is 250 Å². The van der Waals surface area contributed by atoms with Crippen LogP contribution in [-0.2, 0) is 65.0 Å². The molecule has 10 rings (SSSR count). The molecule has 2 fully saturated rings. The Bertz CT molecular complexity index is 4250. The van der Waals surface area contributed by atoms with Crippen molar-refractivity contribution in [3.63, 3.8) is 0 Å². The molecule has 3 N–H and O–H groups in total. The number of carbonyl (C=O) groups is 5. The van der Waals surface area contributed by atoms with Crippen molar-refractivity contribution in [3.05, 3.63) is 201 Å². The number of sulfone groups is 2. The van der Waals surface area contributed by atoms with Crippen LogP contribution in [0.1, 0.15) is 90.2 Å². The van der Waals surface area contributed by atoms with Crippen LogP contribution in [0.3, 0.4) is 0 Å². The van der Waals surface area contributed by atoms with E-state index in [1.807, 2.05) is 26.0 Å². The van der Waals surface area contributed by atoms with E-state index in [0.717, 1.165) is 39.1 Å². The molecule has 2 aliphatic heterocycles. The van der Waals surface area contributed by atoms with Gasteiger partial charge in [0.05, 0.1) is 40.2 Å². The number of aliphatic carboxylic acids is 1. The summed E-state index contributed by atoms with van der Waals surface area (Å²) in [6, 6.07) is 41.5. The van der Waals surface area contributed by atoms with Gasteiger partial charge in [0.2, 0.25) is 31.5 Å². The molecule has 8 aromatic carbocycles. The average molecular weight is 1460 g/mol. The number of halogens is 1. The summed E-state index contributed by atoms with van der Waals surface area (Å²) in [5, 5.41) is 22.3. The molecule has 0 bridgehead atoms. The molecule has 24 heteroatoms. The van der Waals surface area contributed by atoms with Crippen molar-refractivity contribution >= 4 is 65.8 Å². The van der Waals surface area contributed by atoms with Crippen molar-refractivity contribution in [1.82, 2.24) is 10.6 Å². The van der Waals surface area contributed by atoms with Crippen LogP contribution in [0, 0.1) is 55.4 Å². The summed E-state index contributed by atoms with van der Waals surface area (Å²) >= 11 is 3.61. The molecular formula is C72H77BrK2N2O17S2. The van der Waals surface area contributed by atoms with Crippen LogP contribution >= 0.6 is 15.9 Å². The minimum absolute atomic E-state index is 0. The molecule has 0 spiro atoms. The number of methoxy groups -OCH3 is 2. The van der Waals surface area contributed by atoms with Crippen molar-refractivity contribution in [1.29, 1.82) is 0 Å². The summed E-state index contributed by atoms with van der Waals surface area (Å²) in [4.78, 5) is 57.1. The molecule has 96 heavy (non-hydrogen) atoms. The topological polar surface area (TPSA) is 276 Å². The Labute approximate surface area is 656 Å². The van der Waals surface area contributed by atoms with Crippen LogP contribution in [0.25, 0.3) is 22.3 Å². The van der Waals surface area contributed by atoms with Gasteiger partial charge in [0.15, 0.2) is 6.23 Å². The van der Waals surface area contributed by atoms with Crippen LogP contribution < -0.4 is 138 Å². The Morgan fingerprint density at radius 3 is 1.17 bits per heavy atom. The Balaban J connectivity index is 0.000000416. The van der Waals surface area contributed by atoms with Crippen molar-refractivity contribution in [3.8, 4) is 56.8 Å². The van der Waals surface area contributed by atoms with E-state index >= 15 is 0 Å². The normalized spacial score (nSPS) is 13.6. The van der Waals surface area contributed by atoms with Crippen LogP contribution in [0.4, 0.5) is 0 Å². The van der Waals surface area contributed by atoms with Crippen molar-refractivity contribution in [2.45, 2.75) is 132 Å². The molecule has 2 heterocycles. The maximum atomic E-state index is 13.2. The second-order valence-corrected chi connectivity index (χ2v) is 26.6. The van der Waals surface area contributed by atoms with Gasteiger partial charge >= 0.3 is 115 Å². The van der Waals surface area contributed by atoms with E-state index in [-0.39, 0.29) is 156 Å². The molecule has 19 nitrogen and oxygen atoms in total. The van der Waals surface area contributed by atoms with Crippen molar-refractivity contribution in [2.24, 2.45) is 0 Å². The molecule has 0 saturated carbocycles. The largest absolute Gasteiger partial charge is 1.00 e. The molecule has 2 aliphatic rings. The predicted octanol–water partition coefficient (Wildman–Crippen LogP) is 7.20. The number of hydrogen-bond donors (Lipinski definition) is 3. The summed E-state index contributed by atoms with van der Waals surface area (Å²) in [7, 11) is -4.33. The second kappa shape index (κ2) is 37.8. The Morgan fingerprint density at radius 2 is 0.865 bits per heavy atom. The number of carbonyl (C=O) groups excluding carboxylic acids is 4. The number of nitrogens with one attached hydrogen (secondary N) is 2. The third kappa shape index (κ3) is 21.7. The van der Waals surface area contributed by atoms with Gasteiger partial charge in [-0.25, -0.2) is 21.6 Å². The first-order valence-electron chi connectivity index (χ1n) is 29.3. The quantitative estimate of drug-likeness (QED) is 0.0191. The minimum Gasteiger partial charge on any atom is -1.00 e. The zero-order valence-electron chi connectivity index (χ0n) is 56.0. The molecular weight excluding hydrogens is 1390 g/mol. The van der Waals surface area contributed by atoms with Gasteiger partial charge in [0.1, 0.15) is 40.5 Å². The number of esters is 1. The zero-order valence-corrected chi connectivity index (χ0v) is 64.5. The Hall–Kier alpha value is -6.08. The molecule has 0 aliphatic carbocycles. The van der Waals surface area contributed by atoms with Gasteiger partial charge in [-0.3, -0.25) is 19.2 Å². The van der Waals surface area contributed by atoms with E-state index in [1.54, 1.807) is 79.9 Å². The van der Waals surface area contributed by atoms with Gasteiger partial charge in [-0.2, -0.15) is 0 Å². The van der Waals surface area contributed by atoms with Crippen molar-refractivity contribution < 1.29 is 184 Å². The third-order valence-corrected chi connectivity index (χ3v) is 19.9. The standard InChI is InChI=1S/C35H35NO7S.C30H29BrO4S.C5H7NO3.CH2O3.CH4.2K.H/c1-21-16-25(17-22(2)24(21)4)26-18-23(3)35(27(19-26)20-34(38)43-33-15-14-32(37)36-33)42-29-8-12-31(13-9-29)44(39,40)30-10-6-28(41-5)7-11-30;1-19-14-23(15-20(2)22(19)4)24-16-21(3)30(25(17-24)18-31)35-27-8-12-29(13-9-27)36(32,33)28-10-6-26(34-5)7-11-28;7-4-2-1-3(6-4)5(8)9;2-1-4-3;;;;/h6-13,16-19,33H,14-15,20H2,1-5H3,(H,36,37);6-17H,18H2,1-5H3;3H,1-2H2,(H,6,7)(H,8,9);1,3H;1H4;;;/q;;;;;2*+1;-1/p-1. The van der Waals surface area contributed by atoms with Crippen LogP contribution in [0.5, 0.6) is 34.5 Å². The van der Waals surface area contributed by atoms with E-state index in [2.05, 4.69) is 109 Å². The number of hydrogen-bond acceptors (Lipinski definition) is 16. The fourth-order valence-electron chi connectivity index (χ4n) is 10.2. The summed E-state index contributed by atoms with van der Waals surface area (Å²) in [6.45, 7) is 16.4. The monoisotopic (exact) mass is 1460 g/mol. The number of carboxylic acids is 1. The molecule has 2 unspecified atom stereocenters. The number of alkyl halides is 1. The molecule has 2 saturated heterocycles. The summed E-state index contributed by atoms with van der Waals surface area (Å²) < 4.78 is 80.7. The fourth-order valence-corrected chi connectivity index (χ4v) is 13.1. The Kier molecular flexibility index (Phi) is 32.4. The van der Waals surface area contributed by atoms with Gasteiger partial charge in [-0.15, -0.1) is 0 Å². The fraction of sp³-hybridized carbons (Fsp3) is 0.264. The first-order valence-corrected chi connectivity index (χ1v) is 33.4. The third-order valence-electron chi connectivity index (χ3n) is 15.7. The van der Waals surface area contributed by atoms with E-state index in [1.165, 1.54) is 70.3 Å². The van der Waals surface area contributed by atoms with E-state index in [9.17, 15) is 36.0 Å². The minimum atomic E-state index is -3.75. The first kappa shape index (κ1) is 82.3. The van der Waals surface area contributed by atoms with Gasteiger partial charge in [0.25, 0.3) is 6.47 Å². The first-order chi connectivity index (χ1) is 44.2. The number of amides is 2. The maximum absolute atomic E-state index is 13.2. The number of carboxylic acid groups (broad SMARTS) is 1. The number of rotatable bonds is 18. The van der Waals surface area contributed by atoms with Gasteiger partial charge in [-0.1, -0.05) is 47.6 Å². The maximum Gasteiger partial charge on any atom is 1.00 e. The average Bonchev–Trinajstić information content (AvgIpc) is 1.49. The van der Waals surface area contributed by atoms with Crippen LogP contribution in [-0.4, -0.2) is 78.7 Å². The zero-order chi connectivity index (χ0) is 67.9. The molecule has 0 radical (unpaired) electrons. The second-order valence-electron chi connectivity index (χ2n) is 22.1. The van der Waals surface area contributed by atoms with Crippen LogP contribution in [0.15, 0.2) is 165 Å². The van der Waals surface area contributed by atoms with E-state index < -0.39 is 43.9 Å². The van der Waals surface area contributed by atoms with Gasteiger partial charge in [0, 0.05) is 35.7 Å². The summed E-state index contributed by atoms with van der Waals surface area (Å²) in [6.07, 6.45) is 0.791. The molecule has 2 atom stereocenters. The number of aryl methyl sites for hydroxylation is 6. The number of benzene rings is 8.